The van der Waals surface area contributed by atoms with E-state index < -0.39 is 23.7 Å². The van der Waals surface area contributed by atoms with Crippen molar-refractivity contribution in [3.8, 4) is 11.3 Å². The van der Waals surface area contributed by atoms with E-state index in [-0.39, 0.29) is 28.3 Å². The first-order valence-corrected chi connectivity index (χ1v) is 10.7. The van der Waals surface area contributed by atoms with Gasteiger partial charge in [-0.3, -0.25) is 14.3 Å². The number of anilines is 1. The summed E-state index contributed by atoms with van der Waals surface area (Å²) in [5.41, 5.74) is -1.02. The average Bonchev–Trinajstić information content (AvgIpc) is 3.45. The average molecular weight is 493 g/mol. The van der Waals surface area contributed by atoms with Gasteiger partial charge in [-0.2, -0.15) is 23.4 Å². The first-order chi connectivity index (χ1) is 17.2. The van der Waals surface area contributed by atoms with E-state index in [1.807, 2.05) is 18.2 Å². The first-order valence-electron chi connectivity index (χ1n) is 10.7. The zero-order valence-corrected chi connectivity index (χ0v) is 19.0. The van der Waals surface area contributed by atoms with Crippen LogP contribution in [0.5, 0.6) is 0 Å². The molecule has 36 heavy (non-hydrogen) atoms. The lowest BCUT2D eigenvalue weighted by Gasteiger charge is -2.13. The first kappa shape index (κ1) is 23.0. The molecule has 2 amide bonds. The van der Waals surface area contributed by atoms with Gasteiger partial charge in [0.1, 0.15) is 5.56 Å². The number of alkyl halides is 3. The lowest BCUT2D eigenvalue weighted by atomic mass is 10.0. The summed E-state index contributed by atoms with van der Waals surface area (Å²) in [6.07, 6.45) is -2.35. The van der Waals surface area contributed by atoms with Crippen LogP contribution in [0.25, 0.3) is 27.7 Å². The molecule has 0 spiro atoms. The van der Waals surface area contributed by atoms with E-state index in [1.54, 1.807) is 31.3 Å². The van der Waals surface area contributed by atoms with Crippen molar-refractivity contribution in [3.05, 3.63) is 77.9 Å². The van der Waals surface area contributed by atoms with Crippen LogP contribution in [0.1, 0.15) is 26.5 Å². The number of carbonyl (C=O) groups is 2. The van der Waals surface area contributed by atoms with Crippen LogP contribution in [-0.4, -0.2) is 43.2 Å². The second kappa shape index (κ2) is 8.48. The summed E-state index contributed by atoms with van der Waals surface area (Å²) in [5, 5.41) is 14.3. The van der Waals surface area contributed by atoms with Crippen molar-refractivity contribution < 1.29 is 22.8 Å². The number of carbonyl (C=O) groups excluding carboxylic acids is 2. The Kier molecular flexibility index (Phi) is 5.43. The Morgan fingerprint density at radius 3 is 2.53 bits per heavy atom. The topological polar surface area (TPSA) is 106 Å². The fourth-order valence-corrected chi connectivity index (χ4v) is 3.97. The lowest BCUT2D eigenvalue weighted by molar-refractivity contribution is -0.142. The van der Waals surface area contributed by atoms with Crippen LogP contribution in [0.15, 0.2) is 60.9 Å². The highest BCUT2D eigenvalue weighted by Crippen LogP contribution is 2.35. The smallest absolute Gasteiger partial charge is 0.354 e. The van der Waals surface area contributed by atoms with E-state index in [0.717, 1.165) is 17.6 Å². The second-order valence-corrected chi connectivity index (χ2v) is 7.94. The summed E-state index contributed by atoms with van der Waals surface area (Å²) in [6.45, 7) is 0. The molecule has 9 nitrogen and oxygen atoms in total. The van der Waals surface area contributed by atoms with E-state index >= 15 is 0 Å². The molecule has 2 aromatic carbocycles. The molecule has 3 heterocycles. The number of hydrogen-bond donors (Lipinski definition) is 2. The zero-order chi connectivity index (χ0) is 25.6. The SMILES string of the molecule is CNC(=O)c1nn(C)cc1NC(=O)c1cnn2c(C(F)(F)F)cc(-c3cccc4ccccc34)nc12. The fraction of sp³-hybridized carbons (Fsp3) is 0.125. The number of halogens is 3. The molecule has 5 aromatic rings. The number of aryl methyl sites for hydroxylation is 1. The number of amides is 2. The predicted molar refractivity (Wildman–Crippen MR) is 125 cm³/mol. The third kappa shape index (κ3) is 3.91. The largest absolute Gasteiger partial charge is 0.433 e. The van der Waals surface area contributed by atoms with Crippen molar-refractivity contribution in [2.75, 3.05) is 12.4 Å². The Morgan fingerprint density at radius 1 is 1.03 bits per heavy atom. The molecule has 0 saturated carbocycles. The van der Waals surface area contributed by atoms with E-state index in [4.69, 9.17) is 0 Å². The van der Waals surface area contributed by atoms with Crippen molar-refractivity contribution in [2.45, 2.75) is 6.18 Å². The number of aromatic nitrogens is 5. The lowest BCUT2D eigenvalue weighted by Crippen LogP contribution is -2.21. The standard InChI is InChI=1S/C24H18F3N7O2/c1-28-23(36)20-18(12-33(2)32-20)31-22(35)16-11-29-34-19(24(25,26)27)10-17(30-21(16)34)15-9-5-7-13-6-3-4-8-14(13)15/h3-12H,1-2H3,(H,28,36)(H,31,35). The van der Waals surface area contributed by atoms with Gasteiger partial charge in [-0.25, -0.2) is 9.50 Å². The summed E-state index contributed by atoms with van der Waals surface area (Å²) < 4.78 is 44.0. The molecule has 0 aliphatic carbocycles. The summed E-state index contributed by atoms with van der Waals surface area (Å²) in [6, 6.07) is 13.4. The van der Waals surface area contributed by atoms with Crippen LogP contribution in [0.3, 0.4) is 0 Å². The highest BCUT2D eigenvalue weighted by atomic mass is 19.4. The molecule has 3 aromatic heterocycles. The fourth-order valence-electron chi connectivity index (χ4n) is 3.97. The Balaban J connectivity index is 1.67. The number of hydrogen-bond acceptors (Lipinski definition) is 5. The number of nitrogens with zero attached hydrogens (tertiary/aromatic N) is 5. The molecule has 182 valence electrons. The van der Waals surface area contributed by atoms with Crippen molar-refractivity contribution in [1.29, 1.82) is 0 Å². The quantitative estimate of drug-likeness (QED) is 0.395. The molecule has 0 unspecified atom stereocenters. The van der Waals surface area contributed by atoms with Gasteiger partial charge < -0.3 is 10.6 Å². The molecule has 0 radical (unpaired) electrons. The summed E-state index contributed by atoms with van der Waals surface area (Å²) >= 11 is 0. The number of fused-ring (bicyclic) bond motifs is 2. The van der Waals surface area contributed by atoms with Gasteiger partial charge in [-0.1, -0.05) is 42.5 Å². The van der Waals surface area contributed by atoms with Gasteiger partial charge in [-0.15, -0.1) is 0 Å². The van der Waals surface area contributed by atoms with Gasteiger partial charge in [0, 0.05) is 25.9 Å². The van der Waals surface area contributed by atoms with Gasteiger partial charge in [-0.05, 0) is 16.8 Å². The molecule has 0 saturated heterocycles. The zero-order valence-electron chi connectivity index (χ0n) is 19.0. The monoisotopic (exact) mass is 493 g/mol. The van der Waals surface area contributed by atoms with Crippen LogP contribution in [0.2, 0.25) is 0 Å². The Hall–Kier alpha value is -4.74. The highest BCUT2D eigenvalue weighted by Gasteiger charge is 2.36. The molecular formula is C24H18F3N7O2. The number of rotatable bonds is 4. The van der Waals surface area contributed by atoms with Crippen LogP contribution in [0.4, 0.5) is 18.9 Å². The normalized spacial score (nSPS) is 11.7. The third-order valence-corrected chi connectivity index (χ3v) is 5.59. The van der Waals surface area contributed by atoms with Gasteiger partial charge in [0.15, 0.2) is 17.0 Å². The summed E-state index contributed by atoms with van der Waals surface area (Å²) in [4.78, 5) is 29.6. The summed E-state index contributed by atoms with van der Waals surface area (Å²) in [7, 11) is 2.97. The van der Waals surface area contributed by atoms with Crippen LogP contribution < -0.4 is 10.6 Å². The van der Waals surface area contributed by atoms with Gasteiger partial charge >= 0.3 is 6.18 Å². The van der Waals surface area contributed by atoms with E-state index in [0.29, 0.717) is 15.5 Å². The minimum absolute atomic E-state index is 0.0357. The van der Waals surface area contributed by atoms with Crippen LogP contribution in [-0.2, 0) is 13.2 Å². The molecular weight excluding hydrogens is 475 g/mol. The molecule has 0 aliphatic heterocycles. The second-order valence-electron chi connectivity index (χ2n) is 7.94. The highest BCUT2D eigenvalue weighted by molar-refractivity contribution is 6.11. The van der Waals surface area contributed by atoms with Gasteiger partial charge in [0.2, 0.25) is 0 Å². The summed E-state index contributed by atoms with van der Waals surface area (Å²) in [5.74, 6) is -1.33. The van der Waals surface area contributed by atoms with E-state index in [1.165, 1.54) is 17.9 Å². The molecule has 0 bridgehead atoms. The molecule has 2 N–H and O–H groups in total. The molecule has 0 aliphatic rings. The minimum atomic E-state index is -4.77. The van der Waals surface area contributed by atoms with Crippen LogP contribution in [0, 0.1) is 0 Å². The molecule has 0 atom stereocenters. The Bertz CT molecular complexity index is 1650. The molecule has 12 heteroatoms. The maximum atomic E-state index is 14.0. The minimum Gasteiger partial charge on any atom is -0.354 e. The number of nitrogens with one attached hydrogen (secondary N) is 2. The van der Waals surface area contributed by atoms with Crippen molar-refractivity contribution in [3.63, 3.8) is 0 Å². The Labute approximate surface area is 201 Å². The maximum Gasteiger partial charge on any atom is 0.433 e. The predicted octanol–water partition coefficient (Wildman–Crippen LogP) is 3.91. The van der Waals surface area contributed by atoms with Gasteiger partial charge in [0.05, 0.1) is 17.6 Å². The molecule has 0 fully saturated rings. The van der Waals surface area contributed by atoms with E-state index in [9.17, 15) is 22.8 Å². The van der Waals surface area contributed by atoms with Crippen LogP contribution >= 0.6 is 0 Å². The Morgan fingerprint density at radius 2 is 1.78 bits per heavy atom. The van der Waals surface area contributed by atoms with Crippen molar-refractivity contribution in [2.24, 2.45) is 7.05 Å². The van der Waals surface area contributed by atoms with Gasteiger partial charge in [0.25, 0.3) is 11.8 Å². The van der Waals surface area contributed by atoms with Crippen molar-refractivity contribution in [1.82, 2.24) is 29.7 Å². The van der Waals surface area contributed by atoms with E-state index in [2.05, 4.69) is 25.8 Å². The van der Waals surface area contributed by atoms with Crippen molar-refractivity contribution >= 4 is 33.9 Å². The maximum absolute atomic E-state index is 14.0. The molecule has 5 rings (SSSR count). The number of benzene rings is 2. The third-order valence-electron chi connectivity index (χ3n) is 5.59.